The summed E-state index contributed by atoms with van der Waals surface area (Å²) in [5.41, 5.74) is 6.37. The SMILES string of the molecule is Cc1ccc(CSc2nc3ccncc3n2Cc2ccc(C(=O)NC3CCCCC3)cc2)cc1. The van der Waals surface area contributed by atoms with Crippen molar-refractivity contribution in [1.82, 2.24) is 19.9 Å². The second-order valence-corrected chi connectivity index (χ2v) is 10.1. The van der Waals surface area contributed by atoms with Gasteiger partial charge in [0.1, 0.15) is 0 Å². The van der Waals surface area contributed by atoms with E-state index in [0.717, 1.165) is 45.9 Å². The lowest BCUT2D eigenvalue weighted by molar-refractivity contribution is 0.0927. The smallest absolute Gasteiger partial charge is 0.251 e. The van der Waals surface area contributed by atoms with Crippen LogP contribution in [0.4, 0.5) is 0 Å². The molecular weight excluding hydrogens is 440 g/mol. The van der Waals surface area contributed by atoms with Gasteiger partial charge in [-0.25, -0.2) is 4.98 Å². The Morgan fingerprint density at radius 1 is 1.00 bits per heavy atom. The van der Waals surface area contributed by atoms with Crippen molar-refractivity contribution in [2.75, 3.05) is 0 Å². The topological polar surface area (TPSA) is 59.8 Å². The number of imidazole rings is 1. The van der Waals surface area contributed by atoms with Crippen LogP contribution in [0.5, 0.6) is 0 Å². The van der Waals surface area contributed by atoms with E-state index in [1.807, 2.05) is 36.5 Å². The minimum absolute atomic E-state index is 0.0325. The first-order valence-corrected chi connectivity index (χ1v) is 13.0. The molecule has 0 spiro atoms. The largest absolute Gasteiger partial charge is 0.349 e. The second-order valence-electron chi connectivity index (χ2n) is 9.12. The van der Waals surface area contributed by atoms with Crippen LogP contribution >= 0.6 is 11.8 Å². The molecule has 0 aliphatic heterocycles. The van der Waals surface area contributed by atoms with Crippen molar-refractivity contribution in [3.63, 3.8) is 0 Å². The van der Waals surface area contributed by atoms with Gasteiger partial charge in [0, 0.05) is 23.6 Å². The zero-order valence-electron chi connectivity index (χ0n) is 19.5. The molecule has 2 aromatic heterocycles. The number of thioether (sulfide) groups is 1. The lowest BCUT2D eigenvalue weighted by atomic mass is 9.95. The Labute approximate surface area is 205 Å². The molecule has 5 rings (SSSR count). The maximum Gasteiger partial charge on any atom is 0.251 e. The molecule has 1 aliphatic carbocycles. The molecule has 0 saturated heterocycles. The molecule has 1 aliphatic rings. The van der Waals surface area contributed by atoms with Crippen molar-refractivity contribution in [3.8, 4) is 0 Å². The van der Waals surface area contributed by atoms with E-state index < -0.39 is 0 Å². The first-order chi connectivity index (χ1) is 16.7. The van der Waals surface area contributed by atoms with E-state index in [-0.39, 0.29) is 5.91 Å². The number of carbonyl (C=O) groups is 1. The van der Waals surface area contributed by atoms with Crippen LogP contribution in [0.3, 0.4) is 0 Å². The number of fused-ring (bicyclic) bond motifs is 1. The summed E-state index contributed by atoms with van der Waals surface area (Å²) in [4.78, 5) is 21.9. The molecule has 1 N–H and O–H groups in total. The van der Waals surface area contributed by atoms with Crippen LogP contribution in [0.1, 0.15) is 59.2 Å². The highest BCUT2D eigenvalue weighted by atomic mass is 32.2. The number of aryl methyl sites for hydroxylation is 1. The Bertz CT molecular complexity index is 1260. The first-order valence-electron chi connectivity index (χ1n) is 12.0. The summed E-state index contributed by atoms with van der Waals surface area (Å²) in [6.45, 7) is 2.79. The molecule has 0 unspecified atom stereocenters. The highest BCUT2D eigenvalue weighted by Gasteiger charge is 2.17. The Hall–Kier alpha value is -3.12. The fourth-order valence-corrected chi connectivity index (χ4v) is 5.47. The predicted octanol–water partition coefficient (Wildman–Crippen LogP) is 6.14. The first kappa shape index (κ1) is 22.7. The molecule has 2 aromatic carbocycles. The minimum atomic E-state index is 0.0325. The van der Waals surface area contributed by atoms with Gasteiger partial charge in [0.2, 0.25) is 0 Å². The van der Waals surface area contributed by atoms with Gasteiger partial charge >= 0.3 is 0 Å². The maximum absolute atomic E-state index is 12.7. The number of carbonyl (C=O) groups excluding carboxylic acids is 1. The monoisotopic (exact) mass is 470 g/mol. The zero-order valence-corrected chi connectivity index (χ0v) is 20.4. The molecule has 5 nitrogen and oxygen atoms in total. The van der Waals surface area contributed by atoms with Crippen LogP contribution in [0.2, 0.25) is 0 Å². The van der Waals surface area contributed by atoms with Gasteiger partial charge in [-0.15, -0.1) is 0 Å². The van der Waals surface area contributed by atoms with Crippen molar-refractivity contribution >= 4 is 28.7 Å². The Morgan fingerprint density at radius 3 is 2.50 bits per heavy atom. The van der Waals surface area contributed by atoms with E-state index in [2.05, 4.69) is 46.1 Å². The number of hydrogen-bond acceptors (Lipinski definition) is 4. The average Bonchev–Trinajstić information content (AvgIpc) is 3.22. The lowest BCUT2D eigenvalue weighted by Gasteiger charge is -2.22. The number of nitrogens with zero attached hydrogens (tertiary/aromatic N) is 3. The van der Waals surface area contributed by atoms with Gasteiger partial charge in [0.05, 0.1) is 23.8 Å². The summed E-state index contributed by atoms with van der Waals surface area (Å²) in [6.07, 6.45) is 9.55. The van der Waals surface area contributed by atoms with Crippen molar-refractivity contribution in [1.29, 1.82) is 0 Å². The minimum Gasteiger partial charge on any atom is -0.349 e. The van der Waals surface area contributed by atoms with E-state index in [0.29, 0.717) is 12.6 Å². The predicted molar refractivity (Wildman–Crippen MR) is 138 cm³/mol. The number of amides is 1. The summed E-state index contributed by atoms with van der Waals surface area (Å²) < 4.78 is 2.22. The number of benzene rings is 2. The third-order valence-electron chi connectivity index (χ3n) is 6.50. The number of pyridine rings is 1. The van der Waals surface area contributed by atoms with Crippen LogP contribution in [-0.2, 0) is 12.3 Å². The van der Waals surface area contributed by atoms with Crippen LogP contribution in [0, 0.1) is 6.92 Å². The lowest BCUT2D eigenvalue weighted by Crippen LogP contribution is -2.36. The summed E-state index contributed by atoms with van der Waals surface area (Å²) >= 11 is 1.74. The van der Waals surface area contributed by atoms with Crippen LogP contribution in [0.15, 0.2) is 72.1 Å². The van der Waals surface area contributed by atoms with Crippen molar-refractivity contribution < 1.29 is 4.79 Å². The molecule has 4 aromatic rings. The fraction of sp³-hybridized carbons (Fsp3) is 0.321. The Balaban J connectivity index is 1.31. The molecule has 6 heteroatoms. The van der Waals surface area contributed by atoms with E-state index in [4.69, 9.17) is 4.98 Å². The molecular formula is C28H30N4OS. The Morgan fingerprint density at radius 2 is 1.74 bits per heavy atom. The summed E-state index contributed by atoms with van der Waals surface area (Å²) in [5.74, 6) is 0.891. The molecule has 0 radical (unpaired) electrons. The third kappa shape index (κ3) is 5.33. The van der Waals surface area contributed by atoms with E-state index in [1.54, 1.807) is 18.0 Å². The number of nitrogens with one attached hydrogen (secondary N) is 1. The zero-order chi connectivity index (χ0) is 23.3. The van der Waals surface area contributed by atoms with Gasteiger partial charge in [-0.2, -0.15) is 0 Å². The van der Waals surface area contributed by atoms with Gasteiger partial charge in [0.15, 0.2) is 5.16 Å². The van der Waals surface area contributed by atoms with Gasteiger partial charge in [-0.1, -0.05) is 73.0 Å². The van der Waals surface area contributed by atoms with Gasteiger partial charge in [-0.3, -0.25) is 9.78 Å². The molecule has 34 heavy (non-hydrogen) atoms. The van der Waals surface area contributed by atoms with Crippen molar-refractivity contribution in [2.45, 2.75) is 62.5 Å². The molecule has 2 heterocycles. The van der Waals surface area contributed by atoms with Gasteiger partial charge in [0.25, 0.3) is 5.91 Å². The van der Waals surface area contributed by atoms with Gasteiger partial charge in [-0.05, 0) is 49.1 Å². The van der Waals surface area contributed by atoms with Crippen LogP contribution < -0.4 is 5.32 Å². The second kappa shape index (κ2) is 10.4. The maximum atomic E-state index is 12.7. The van der Waals surface area contributed by atoms with Crippen molar-refractivity contribution in [2.24, 2.45) is 0 Å². The third-order valence-corrected chi connectivity index (χ3v) is 7.55. The highest BCUT2D eigenvalue weighted by Crippen LogP contribution is 2.27. The summed E-state index contributed by atoms with van der Waals surface area (Å²) in [7, 11) is 0. The summed E-state index contributed by atoms with van der Waals surface area (Å²) in [5, 5.41) is 4.18. The van der Waals surface area contributed by atoms with E-state index in [9.17, 15) is 4.79 Å². The van der Waals surface area contributed by atoms with Crippen LogP contribution in [-0.4, -0.2) is 26.5 Å². The van der Waals surface area contributed by atoms with Gasteiger partial charge < -0.3 is 9.88 Å². The number of hydrogen-bond donors (Lipinski definition) is 1. The Kier molecular flexibility index (Phi) is 6.95. The normalized spacial score (nSPS) is 14.4. The molecule has 1 amide bonds. The molecule has 1 fully saturated rings. The van der Waals surface area contributed by atoms with E-state index in [1.165, 1.54) is 30.4 Å². The number of aromatic nitrogens is 3. The average molecular weight is 471 g/mol. The van der Waals surface area contributed by atoms with E-state index >= 15 is 0 Å². The molecule has 174 valence electrons. The number of rotatable bonds is 7. The van der Waals surface area contributed by atoms with Crippen LogP contribution in [0.25, 0.3) is 11.0 Å². The molecule has 0 bridgehead atoms. The molecule has 1 saturated carbocycles. The van der Waals surface area contributed by atoms with Crippen molar-refractivity contribution in [3.05, 3.63) is 89.2 Å². The fourth-order valence-electron chi connectivity index (χ4n) is 4.50. The highest BCUT2D eigenvalue weighted by molar-refractivity contribution is 7.98. The summed E-state index contributed by atoms with van der Waals surface area (Å²) in [6, 6.07) is 18.9. The standard InChI is InChI=1S/C28H30N4OS/c1-20-7-9-22(10-8-20)19-34-28-31-25-15-16-29-17-26(25)32(28)18-21-11-13-23(14-12-21)27(33)30-24-5-3-2-4-6-24/h7-17,24H,2-6,18-19H2,1H3,(H,30,33). The quantitative estimate of drug-likeness (QED) is 0.330. The molecule has 0 atom stereocenters.